The van der Waals surface area contributed by atoms with Crippen LogP contribution in [-0.2, 0) is 11.3 Å². The molecule has 0 atom stereocenters. The fraction of sp³-hybridized carbons (Fsp3) is 0.462. The van der Waals surface area contributed by atoms with E-state index in [2.05, 4.69) is 10.6 Å². The number of hydrogen-bond acceptors (Lipinski definition) is 4. The molecule has 0 bridgehead atoms. The van der Waals surface area contributed by atoms with Crippen LogP contribution in [0.3, 0.4) is 0 Å². The second-order valence-corrected chi connectivity index (χ2v) is 5.01. The summed E-state index contributed by atoms with van der Waals surface area (Å²) < 4.78 is 5.10. The van der Waals surface area contributed by atoms with Gasteiger partial charge in [-0.15, -0.1) is 0 Å². The summed E-state index contributed by atoms with van der Waals surface area (Å²) >= 11 is 0. The lowest BCUT2D eigenvalue weighted by molar-refractivity contribution is 0.0635. The molecule has 0 unspecified atom stereocenters. The van der Waals surface area contributed by atoms with E-state index in [1.54, 1.807) is 32.9 Å². The predicted molar refractivity (Wildman–Crippen MR) is 70.7 cm³/mol. The van der Waals surface area contributed by atoms with E-state index >= 15 is 0 Å². The lowest BCUT2D eigenvalue weighted by Gasteiger charge is -2.20. The number of phenolic OH excluding ortho intramolecular Hbond substituents is 1. The van der Waals surface area contributed by atoms with Gasteiger partial charge in [0.05, 0.1) is 5.69 Å². The predicted octanol–water partition coefficient (Wildman–Crippen LogP) is 2.46. The molecular formula is C13H20N2O3. The molecule has 0 heterocycles. The quantitative estimate of drug-likeness (QED) is 0.723. The molecule has 1 rings (SSSR count). The first-order chi connectivity index (χ1) is 8.31. The number of carbonyl (C=O) groups is 1. The SMILES string of the molecule is CNCc1ccc(NC(=O)OC(C)(C)C)c(O)c1. The normalized spacial score (nSPS) is 11.1. The van der Waals surface area contributed by atoms with Crippen molar-refractivity contribution in [1.82, 2.24) is 5.32 Å². The maximum Gasteiger partial charge on any atom is 0.412 e. The first-order valence-electron chi connectivity index (χ1n) is 5.78. The van der Waals surface area contributed by atoms with Gasteiger partial charge in [-0.1, -0.05) is 6.07 Å². The van der Waals surface area contributed by atoms with Crippen LogP contribution in [0.25, 0.3) is 0 Å². The highest BCUT2D eigenvalue weighted by Gasteiger charge is 2.17. The smallest absolute Gasteiger partial charge is 0.412 e. The van der Waals surface area contributed by atoms with Crippen molar-refractivity contribution in [3.8, 4) is 5.75 Å². The van der Waals surface area contributed by atoms with E-state index in [1.807, 2.05) is 13.1 Å². The van der Waals surface area contributed by atoms with Crippen molar-refractivity contribution in [2.24, 2.45) is 0 Å². The van der Waals surface area contributed by atoms with E-state index in [0.717, 1.165) is 5.56 Å². The Kier molecular flexibility index (Phi) is 4.55. The minimum Gasteiger partial charge on any atom is -0.506 e. The van der Waals surface area contributed by atoms with Crippen molar-refractivity contribution in [3.05, 3.63) is 23.8 Å². The van der Waals surface area contributed by atoms with E-state index in [4.69, 9.17) is 4.74 Å². The molecule has 0 fully saturated rings. The van der Waals surface area contributed by atoms with Gasteiger partial charge in [-0.25, -0.2) is 4.79 Å². The van der Waals surface area contributed by atoms with Crippen LogP contribution in [0.15, 0.2) is 18.2 Å². The molecule has 0 spiro atoms. The molecule has 0 saturated carbocycles. The van der Waals surface area contributed by atoms with Crippen LogP contribution in [0.2, 0.25) is 0 Å². The van der Waals surface area contributed by atoms with Crippen LogP contribution in [0.5, 0.6) is 5.75 Å². The van der Waals surface area contributed by atoms with Crippen LogP contribution < -0.4 is 10.6 Å². The molecule has 1 amide bonds. The van der Waals surface area contributed by atoms with Crippen molar-refractivity contribution in [2.75, 3.05) is 12.4 Å². The largest absolute Gasteiger partial charge is 0.506 e. The molecule has 5 heteroatoms. The monoisotopic (exact) mass is 252 g/mol. The number of phenols is 1. The third-order valence-corrected chi connectivity index (χ3v) is 2.08. The Morgan fingerprint density at radius 3 is 2.56 bits per heavy atom. The van der Waals surface area contributed by atoms with E-state index in [-0.39, 0.29) is 5.75 Å². The number of rotatable bonds is 3. The Bertz CT molecular complexity index is 425. The molecule has 0 aliphatic rings. The fourth-order valence-corrected chi connectivity index (χ4v) is 1.41. The highest BCUT2D eigenvalue weighted by atomic mass is 16.6. The zero-order valence-corrected chi connectivity index (χ0v) is 11.2. The van der Waals surface area contributed by atoms with Gasteiger partial charge in [0, 0.05) is 6.54 Å². The molecule has 5 nitrogen and oxygen atoms in total. The van der Waals surface area contributed by atoms with E-state index in [9.17, 15) is 9.90 Å². The summed E-state index contributed by atoms with van der Waals surface area (Å²) in [6.45, 7) is 5.99. The molecule has 0 aliphatic heterocycles. The lowest BCUT2D eigenvalue weighted by Crippen LogP contribution is -2.27. The fourth-order valence-electron chi connectivity index (χ4n) is 1.41. The third kappa shape index (κ3) is 4.63. The Balaban J connectivity index is 2.71. The Morgan fingerprint density at radius 2 is 2.06 bits per heavy atom. The van der Waals surface area contributed by atoms with Gasteiger partial charge in [-0.05, 0) is 45.5 Å². The minimum atomic E-state index is -0.584. The van der Waals surface area contributed by atoms with Crippen molar-refractivity contribution in [2.45, 2.75) is 32.9 Å². The van der Waals surface area contributed by atoms with Crippen molar-refractivity contribution < 1.29 is 14.6 Å². The van der Waals surface area contributed by atoms with Gasteiger partial charge < -0.3 is 15.2 Å². The number of anilines is 1. The number of aromatic hydroxyl groups is 1. The second kappa shape index (κ2) is 5.73. The molecule has 18 heavy (non-hydrogen) atoms. The molecule has 0 aromatic heterocycles. The van der Waals surface area contributed by atoms with Gasteiger partial charge in [0.2, 0.25) is 0 Å². The number of ether oxygens (including phenoxy) is 1. The van der Waals surface area contributed by atoms with Gasteiger partial charge in [-0.2, -0.15) is 0 Å². The van der Waals surface area contributed by atoms with E-state index < -0.39 is 11.7 Å². The molecule has 0 radical (unpaired) electrons. The summed E-state index contributed by atoms with van der Waals surface area (Å²) in [5.41, 5.74) is 0.708. The first kappa shape index (κ1) is 14.3. The zero-order valence-electron chi connectivity index (χ0n) is 11.2. The summed E-state index contributed by atoms with van der Waals surface area (Å²) in [4.78, 5) is 11.5. The Morgan fingerprint density at radius 1 is 1.39 bits per heavy atom. The van der Waals surface area contributed by atoms with Gasteiger partial charge in [0.25, 0.3) is 0 Å². The third-order valence-electron chi connectivity index (χ3n) is 2.08. The van der Waals surface area contributed by atoms with Gasteiger partial charge in [0.1, 0.15) is 11.4 Å². The summed E-state index contributed by atoms with van der Waals surface area (Å²) in [6.07, 6.45) is -0.584. The average Bonchev–Trinajstić information content (AvgIpc) is 2.20. The second-order valence-electron chi connectivity index (χ2n) is 5.01. The highest BCUT2D eigenvalue weighted by Crippen LogP contribution is 2.24. The van der Waals surface area contributed by atoms with Crippen LogP contribution in [0.1, 0.15) is 26.3 Å². The Labute approximate surface area is 107 Å². The van der Waals surface area contributed by atoms with E-state index in [1.165, 1.54) is 0 Å². The number of benzene rings is 1. The topological polar surface area (TPSA) is 70.6 Å². The Hall–Kier alpha value is -1.75. The van der Waals surface area contributed by atoms with Crippen molar-refractivity contribution >= 4 is 11.8 Å². The maximum atomic E-state index is 11.5. The summed E-state index contributed by atoms with van der Waals surface area (Å²) in [7, 11) is 1.82. The van der Waals surface area contributed by atoms with Gasteiger partial charge in [-0.3, -0.25) is 5.32 Å². The van der Waals surface area contributed by atoms with Gasteiger partial charge in [0.15, 0.2) is 0 Å². The summed E-state index contributed by atoms with van der Waals surface area (Å²) in [5.74, 6) is 0.0219. The van der Waals surface area contributed by atoms with E-state index in [0.29, 0.717) is 12.2 Å². The summed E-state index contributed by atoms with van der Waals surface area (Å²) in [6, 6.07) is 5.07. The maximum absolute atomic E-state index is 11.5. The zero-order chi connectivity index (χ0) is 13.8. The number of carbonyl (C=O) groups excluding carboxylic acids is 1. The van der Waals surface area contributed by atoms with Crippen molar-refractivity contribution in [3.63, 3.8) is 0 Å². The number of nitrogens with one attached hydrogen (secondary N) is 2. The van der Waals surface area contributed by atoms with Gasteiger partial charge >= 0.3 is 6.09 Å². The van der Waals surface area contributed by atoms with Crippen molar-refractivity contribution in [1.29, 1.82) is 0 Å². The molecule has 0 aliphatic carbocycles. The lowest BCUT2D eigenvalue weighted by atomic mass is 10.2. The molecule has 1 aromatic carbocycles. The highest BCUT2D eigenvalue weighted by molar-refractivity contribution is 5.86. The van der Waals surface area contributed by atoms with Crippen LogP contribution in [0, 0.1) is 0 Å². The van der Waals surface area contributed by atoms with Crippen LogP contribution in [-0.4, -0.2) is 23.8 Å². The standard InChI is InChI=1S/C13H20N2O3/c1-13(2,3)18-12(17)15-10-6-5-9(8-14-4)7-11(10)16/h5-7,14,16H,8H2,1-4H3,(H,15,17). The summed E-state index contributed by atoms with van der Waals surface area (Å²) in [5, 5.41) is 15.3. The van der Waals surface area contributed by atoms with Crippen LogP contribution in [0.4, 0.5) is 10.5 Å². The molecule has 100 valence electrons. The number of amides is 1. The first-order valence-corrected chi connectivity index (χ1v) is 5.78. The molecule has 1 aromatic rings. The average molecular weight is 252 g/mol. The minimum absolute atomic E-state index is 0.0219. The number of hydrogen-bond donors (Lipinski definition) is 3. The molecule has 0 saturated heterocycles. The molecule has 3 N–H and O–H groups in total. The van der Waals surface area contributed by atoms with Crippen LogP contribution >= 0.6 is 0 Å². The molecular weight excluding hydrogens is 232 g/mol.